The number of likely N-dealkylation sites (tertiary alicyclic amines) is 1. The zero-order valence-corrected chi connectivity index (χ0v) is 15.0. The van der Waals surface area contributed by atoms with E-state index in [0.29, 0.717) is 25.5 Å². The van der Waals surface area contributed by atoms with E-state index in [1.807, 2.05) is 11.8 Å². The third kappa shape index (κ3) is 9.31. The molecule has 1 aliphatic heterocycles. The van der Waals surface area contributed by atoms with E-state index in [0.717, 1.165) is 25.9 Å². The lowest BCUT2D eigenvalue weighted by molar-refractivity contribution is -0.132. The van der Waals surface area contributed by atoms with Crippen molar-refractivity contribution in [1.29, 1.82) is 0 Å². The van der Waals surface area contributed by atoms with Gasteiger partial charge in [0.1, 0.15) is 0 Å². The molecule has 0 unspecified atom stereocenters. The molecule has 0 aliphatic carbocycles. The molecule has 130 valence electrons. The Hall–Kier alpha value is -0.740. The molecule has 0 spiro atoms. The number of rotatable bonds is 6. The summed E-state index contributed by atoms with van der Waals surface area (Å²) in [7, 11) is 0. The SMILES string of the molecule is CCNC(=NCCC(F)(F)F)NCCC(=O)N1CCCC1.I. The van der Waals surface area contributed by atoms with Crippen LogP contribution < -0.4 is 10.6 Å². The lowest BCUT2D eigenvalue weighted by Gasteiger charge is -2.16. The van der Waals surface area contributed by atoms with Gasteiger partial charge in [-0.05, 0) is 19.8 Å². The second-order valence-corrected chi connectivity index (χ2v) is 4.89. The van der Waals surface area contributed by atoms with Crippen LogP contribution in [0.15, 0.2) is 4.99 Å². The van der Waals surface area contributed by atoms with E-state index in [9.17, 15) is 18.0 Å². The van der Waals surface area contributed by atoms with Crippen LogP contribution in [0.1, 0.15) is 32.6 Å². The molecule has 0 radical (unpaired) electrons. The van der Waals surface area contributed by atoms with Crippen LogP contribution in [0.3, 0.4) is 0 Å². The van der Waals surface area contributed by atoms with E-state index >= 15 is 0 Å². The maximum Gasteiger partial charge on any atom is 0.390 e. The molecule has 0 atom stereocenters. The minimum absolute atomic E-state index is 0. The van der Waals surface area contributed by atoms with Crippen molar-refractivity contribution in [3.8, 4) is 0 Å². The van der Waals surface area contributed by atoms with Crippen molar-refractivity contribution < 1.29 is 18.0 Å². The second kappa shape index (κ2) is 10.9. The number of guanidine groups is 1. The van der Waals surface area contributed by atoms with E-state index < -0.39 is 12.6 Å². The third-order valence-corrected chi connectivity index (χ3v) is 3.10. The van der Waals surface area contributed by atoms with Gasteiger partial charge in [0.15, 0.2) is 5.96 Å². The zero-order valence-electron chi connectivity index (χ0n) is 12.7. The number of nitrogens with zero attached hydrogens (tertiary/aromatic N) is 2. The lowest BCUT2D eigenvalue weighted by atomic mass is 10.3. The molecular formula is C13H24F3IN4O. The molecule has 0 aromatic carbocycles. The van der Waals surface area contributed by atoms with Gasteiger partial charge in [-0.2, -0.15) is 13.2 Å². The largest absolute Gasteiger partial charge is 0.390 e. The van der Waals surface area contributed by atoms with Crippen LogP contribution in [0.2, 0.25) is 0 Å². The first-order valence-electron chi connectivity index (χ1n) is 7.29. The Kier molecular flexibility index (Phi) is 10.5. The number of hydrogen-bond donors (Lipinski definition) is 2. The summed E-state index contributed by atoms with van der Waals surface area (Å²) >= 11 is 0. The highest BCUT2D eigenvalue weighted by molar-refractivity contribution is 14.0. The first kappa shape index (κ1) is 21.3. The van der Waals surface area contributed by atoms with Crippen molar-refractivity contribution in [2.75, 3.05) is 32.7 Å². The molecule has 1 heterocycles. The van der Waals surface area contributed by atoms with Gasteiger partial charge in [0.2, 0.25) is 5.91 Å². The van der Waals surface area contributed by atoms with Crippen LogP contribution >= 0.6 is 24.0 Å². The normalized spacial score (nSPS) is 15.5. The molecular weight excluding hydrogens is 412 g/mol. The van der Waals surface area contributed by atoms with Gasteiger partial charge in [0, 0.05) is 32.6 Å². The Morgan fingerprint density at radius 2 is 1.86 bits per heavy atom. The van der Waals surface area contributed by atoms with Gasteiger partial charge in [-0.1, -0.05) is 0 Å². The van der Waals surface area contributed by atoms with Gasteiger partial charge in [-0.15, -0.1) is 24.0 Å². The summed E-state index contributed by atoms with van der Waals surface area (Å²) < 4.78 is 36.2. The van der Waals surface area contributed by atoms with Crippen molar-refractivity contribution in [1.82, 2.24) is 15.5 Å². The summed E-state index contributed by atoms with van der Waals surface area (Å²) in [6.45, 7) is 4.04. The smallest absolute Gasteiger partial charge is 0.357 e. The first-order valence-corrected chi connectivity index (χ1v) is 7.29. The van der Waals surface area contributed by atoms with E-state index in [1.54, 1.807) is 0 Å². The molecule has 9 heteroatoms. The number of aliphatic imine (C=N–C) groups is 1. The molecule has 1 saturated heterocycles. The Labute approximate surface area is 146 Å². The second-order valence-electron chi connectivity index (χ2n) is 4.89. The molecule has 0 aromatic heterocycles. The van der Waals surface area contributed by atoms with Crippen LogP contribution in [-0.4, -0.2) is 55.7 Å². The van der Waals surface area contributed by atoms with Gasteiger partial charge in [0.25, 0.3) is 0 Å². The highest BCUT2D eigenvalue weighted by Gasteiger charge is 2.26. The van der Waals surface area contributed by atoms with Crippen LogP contribution in [0.25, 0.3) is 0 Å². The van der Waals surface area contributed by atoms with Gasteiger partial charge in [0.05, 0.1) is 13.0 Å². The number of amides is 1. The van der Waals surface area contributed by atoms with Crippen molar-refractivity contribution in [2.24, 2.45) is 4.99 Å². The molecule has 0 bridgehead atoms. The summed E-state index contributed by atoms with van der Waals surface area (Å²) in [6, 6.07) is 0. The number of alkyl halides is 3. The summed E-state index contributed by atoms with van der Waals surface area (Å²) in [4.78, 5) is 17.5. The van der Waals surface area contributed by atoms with E-state index in [-0.39, 0.29) is 36.4 Å². The predicted molar refractivity (Wildman–Crippen MR) is 90.5 cm³/mol. The fourth-order valence-electron chi connectivity index (χ4n) is 2.05. The van der Waals surface area contributed by atoms with Gasteiger partial charge >= 0.3 is 6.18 Å². The third-order valence-electron chi connectivity index (χ3n) is 3.10. The average molecular weight is 436 g/mol. The van der Waals surface area contributed by atoms with Crippen LogP contribution in [0.5, 0.6) is 0 Å². The summed E-state index contributed by atoms with van der Waals surface area (Å²) in [5, 5.41) is 5.74. The Balaban J connectivity index is 0.00000441. The maximum atomic E-state index is 12.1. The zero-order chi connectivity index (χ0) is 15.7. The van der Waals surface area contributed by atoms with E-state index in [1.165, 1.54) is 0 Å². The molecule has 1 rings (SSSR count). The van der Waals surface area contributed by atoms with E-state index in [4.69, 9.17) is 0 Å². The van der Waals surface area contributed by atoms with Gasteiger partial charge < -0.3 is 15.5 Å². The number of carbonyl (C=O) groups excluding carboxylic acids is 1. The molecule has 22 heavy (non-hydrogen) atoms. The molecule has 1 aliphatic rings. The first-order chi connectivity index (χ1) is 9.92. The number of carbonyl (C=O) groups is 1. The molecule has 1 amide bonds. The lowest BCUT2D eigenvalue weighted by Crippen LogP contribution is -2.40. The number of hydrogen-bond acceptors (Lipinski definition) is 2. The highest BCUT2D eigenvalue weighted by atomic mass is 127. The Morgan fingerprint density at radius 3 is 2.41 bits per heavy atom. The highest BCUT2D eigenvalue weighted by Crippen LogP contribution is 2.18. The number of nitrogens with one attached hydrogen (secondary N) is 2. The Morgan fingerprint density at radius 1 is 1.23 bits per heavy atom. The van der Waals surface area contributed by atoms with Gasteiger partial charge in [-0.3, -0.25) is 9.79 Å². The molecule has 0 saturated carbocycles. The minimum Gasteiger partial charge on any atom is -0.357 e. The molecule has 2 N–H and O–H groups in total. The summed E-state index contributed by atoms with van der Waals surface area (Å²) in [6.07, 6.45) is -2.74. The van der Waals surface area contributed by atoms with Crippen LogP contribution in [0, 0.1) is 0 Å². The monoisotopic (exact) mass is 436 g/mol. The summed E-state index contributed by atoms with van der Waals surface area (Å²) in [5.41, 5.74) is 0. The molecule has 0 aromatic rings. The predicted octanol–water partition coefficient (Wildman–Crippen LogP) is 2.12. The number of halogens is 4. The topological polar surface area (TPSA) is 56.7 Å². The average Bonchev–Trinajstić information content (AvgIpc) is 2.91. The minimum atomic E-state index is -4.20. The fraction of sp³-hybridized carbons (Fsp3) is 0.846. The van der Waals surface area contributed by atoms with Crippen molar-refractivity contribution in [3.63, 3.8) is 0 Å². The van der Waals surface area contributed by atoms with Crippen molar-refractivity contribution in [3.05, 3.63) is 0 Å². The molecule has 5 nitrogen and oxygen atoms in total. The Bertz CT molecular complexity index is 358. The standard InChI is InChI=1S/C13H23F3N4O.HI/c1-2-17-12(19-8-6-13(14,15)16)18-7-5-11(21)20-9-3-4-10-20;/h2-10H2,1H3,(H2,17,18,19);1H. The van der Waals surface area contributed by atoms with Crippen molar-refractivity contribution in [2.45, 2.75) is 38.8 Å². The fourth-order valence-corrected chi connectivity index (χ4v) is 2.05. The maximum absolute atomic E-state index is 12.1. The van der Waals surface area contributed by atoms with Gasteiger partial charge in [-0.25, -0.2) is 0 Å². The molecule has 1 fully saturated rings. The van der Waals surface area contributed by atoms with Crippen molar-refractivity contribution >= 4 is 35.8 Å². The van der Waals surface area contributed by atoms with Crippen LogP contribution in [-0.2, 0) is 4.79 Å². The quantitative estimate of drug-likeness (QED) is 0.381. The van der Waals surface area contributed by atoms with E-state index in [2.05, 4.69) is 15.6 Å². The van der Waals surface area contributed by atoms with Crippen LogP contribution in [0.4, 0.5) is 13.2 Å². The summed E-state index contributed by atoms with van der Waals surface area (Å²) in [5.74, 6) is 0.391.